The first kappa shape index (κ1) is 18.8. The van der Waals surface area contributed by atoms with Gasteiger partial charge in [0, 0.05) is 6.54 Å². The Morgan fingerprint density at radius 2 is 1.63 bits per heavy atom. The minimum atomic E-state index is -0.486. The van der Waals surface area contributed by atoms with Crippen molar-refractivity contribution in [3.05, 3.63) is 47.5 Å². The summed E-state index contributed by atoms with van der Waals surface area (Å²) in [5, 5.41) is 0. The molecule has 1 fully saturated rings. The second-order valence-corrected chi connectivity index (χ2v) is 6.58. The number of allylic oxidation sites excluding steroid dienone is 2. The highest BCUT2D eigenvalue weighted by Crippen LogP contribution is 2.35. The van der Waals surface area contributed by atoms with Gasteiger partial charge in [-0.05, 0) is 30.5 Å². The van der Waals surface area contributed by atoms with Crippen LogP contribution < -0.4 is 0 Å². The number of hydrogen-bond donors (Lipinski definition) is 0. The van der Waals surface area contributed by atoms with E-state index in [9.17, 15) is 19.2 Å². The molecule has 1 aromatic carbocycles. The Labute approximate surface area is 156 Å². The number of amides is 2. The van der Waals surface area contributed by atoms with E-state index in [0.717, 1.165) is 5.56 Å². The molecule has 1 aromatic rings. The van der Waals surface area contributed by atoms with Gasteiger partial charge in [0.25, 0.3) is 0 Å². The third-order valence-electron chi connectivity index (χ3n) is 4.91. The quantitative estimate of drug-likeness (QED) is 0.431. The molecular formula is C20H21NO6. The maximum absolute atomic E-state index is 12.3. The van der Waals surface area contributed by atoms with Gasteiger partial charge in [-0.3, -0.25) is 19.3 Å². The summed E-state index contributed by atoms with van der Waals surface area (Å²) in [6, 6.07) is 6.52. The summed E-state index contributed by atoms with van der Waals surface area (Å²) < 4.78 is 9.81. The Balaban J connectivity index is 1.47. The molecule has 3 rings (SSSR count). The maximum atomic E-state index is 12.3. The highest BCUT2D eigenvalue weighted by atomic mass is 16.5. The van der Waals surface area contributed by atoms with Gasteiger partial charge in [0.1, 0.15) is 6.61 Å². The molecule has 1 aliphatic heterocycles. The zero-order valence-electron chi connectivity index (χ0n) is 15.1. The van der Waals surface area contributed by atoms with Crippen LogP contribution in [0.5, 0.6) is 0 Å². The number of rotatable bonds is 6. The number of ether oxygens (including phenoxy) is 2. The van der Waals surface area contributed by atoms with Crippen molar-refractivity contribution in [2.24, 2.45) is 11.8 Å². The fourth-order valence-corrected chi connectivity index (χ4v) is 3.38. The van der Waals surface area contributed by atoms with Crippen molar-refractivity contribution in [3.8, 4) is 0 Å². The van der Waals surface area contributed by atoms with E-state index in [0.29, 0.717) is 18.4 Å². The third kappa shape index (κ3) is 4.07. The Morgan fingerprint density at radius 3 is 2.19 bits per heavy atom. The van der Waals surface area contributed by atoms with Crippen LogP contribution in [0, 0.1) is 11.8 Å². The minimum absolute atomic E-state index is 0.0371. The molecule has 0 spiro atoms. The molecule has 7 nitrogen and oxygen atoms in total. The monoisotopic (exact) mass is 371 g/mol. The van der Waals surface area contributed by atoms with Crippen LogP contribution >= 0.6 is 0 Å². The van der Waals surface area contributed by atoms with E-state index in [1.807, 2.05) is 12.2 Å². The van der Waals surface area contributed by atoms with E-state index in [1.54, 1.807) is 24.3 Å². The molecule has 7 heteroatoms. The van der Waals surface area contributed by atoms with Crippen molar-refractivity contribution < 1.29 is 28.7 Å². The van der Waals surface area contributed by atoms with Crippen LogP contribution in [0.2, 0.25) is 0 Å². The van der Waals surface area contributed by atoms with Gasteiger partial charge in [-0.15, -0.1) is 0 Å². The van der Waals surface area contributed by atoms with Crippen LogP contribution in [-0.4, -0.2) is 42.3 Å². The van der Waals surface area contributed by atoms with E-state index in [2.05, 4.69) is 4.74 Å². The number of nitrogens with zero attached hydrogens (tertiary/aromatic N) is 1. The molecule has 142 valence electrons. The molecule has 0 saturated carbocycles. The summed E-state index contributed by atoms with van der Waals surface area (Å²) in [6.07, 6.45) is 4.98. The second-order valence-electron chi connectivity index (χ2n) is 6.58. The number of likely N-dealkylation sites (tertiary alicyclic amines) is 1. The van der Waals surface area contributed by atoms with Gasteiger partial charge in [0.2, 0.25) is 11.8 Å². The van der Waals surface area contributed by atoms with Gasteiger partial charge in [-0.25, -0.2) is 4.79 Å². The predicted octanol–water partition coefficient (Wildman–Crippen LogP) is 1.86. The first-order chi connectivity index (χ1) is 13.0. The molecule has 0 unspecified atom stereocenters. The number of methoxy groups -OCH3 is 1. The van der Waals surface area contributed by atoms with E-state index in [-0.39, 0.29) is 43.2 Å². The van der Waals surface area contributed by atoms with Gasteiger partial charge < -0.3 is 9.47 Å². The van der Waals surface area contributed by atoms with Gasteiger partial charge >= 0.3 is 11.9 Å². The summed E-state index contributed by atoms with van der Waals surface area (Å²) in [7, 11) is 1.30. The van der Waals surface area contributed by atoms with Crippen molar-refractivity contribution in [1.82, 2.24) is 4.90 Å². The Kier molecular flexibility index (Phi) is 5.69. The molecule has 1 heterocycles. The summed E-state index contributed by atoms with van der Waals surface area (Å²) in [5.74, 6) is -1.88. The lowest BCUT2D eigenvalue weighted by atomic mass is 9.85. The molecule has 0 N–H and O–H groups in total. The fraction of sp³-hybridized carbons (Fsp3) is 0.400. The third-order valence-corrected chi connectivity index (χ3v) is 4.91. The lowest BCUT2D eigenvalue weighted by Gasteiger charge is -2.14. The molecule has 2 amide bonds. The lowest BCUT2D eigenvalue weighted by molar-refractivity contribution is -0.146. The number of imide groups is 1. The first-order valence-electron chi connectivity index (χ1n) is 8.84. The van der Waals surface area contributed by atoms with Crippen LogP contribution in [0.1, 0.15) is 35.2 Å². The maximum Gasteiger partial charge on any atom is 0.337 e. The zero-order valence-corrected chi connectivity index (χ0v) is 15.1. The number of esters is 2. The Hall–Kier alpha value is -2.96. The molecular weight excluding hydrogens is 350 g/mol. The van der Waals surface area contributed by atoms with Crippen LogP contribution in [0.25, 0.3) is 0 Å². The first-order valence-corrected chi connectivity index (χ1v) is 8.84. The van der Waals surface area contributed by atoms with Crippen molar-refractivity contribution in [1.29, 1.82) is 0 Å². The summed E-state index contributed by atoms with van der Waals surface area (Å²) in [4.78, 5) is 49.2. The lowest BCUT2D eigenvalue weighted by Crippen LogP contribution is -2.33. The van der Waals surface area contributed by atoms with Crippen molar-refractivity contribution in [2.75, 3.05) is 13.7 Å². The molecule has 0 radical (unpaired) electrons. The average Bonchev–Trinajstić information content (AvgIpc) is 2.95. The molecule has 2 atom stereocenters. The predicted molar refractivity (Wildman–Crippen MR) is 94.3 cm³/mol. The topological polar surface area (TPSA) is 90.0 Å². The summed E-state index contributed by atoms with van der Waals surface area (Å²) >= 11 is 0. The SMILES string of the molecule is COC(=O)c1ccc(COC(=O)CCN2C(=O)[C@@H]3CC=CC[C@H]3C2=O)cc1. The van der Waals surface area contributed by atoms with Gasteiger partial charge in [-0.1, -0.05) is 24.3 Å². The summed E-state index contributed by atoms with van der Waals surface area (Å²) in [6.45, 7) is 0.0993. The van der Waals surface area contributed by atoms with E-state index >= 15 is 0 Å². The molecule has 0 aromatic heterocycles. The van der Waals surface area contributed by atoms with Crippen molar-refractivity contribution in [2.45, 2.75) is 25.9 Å². The summed E-state index contributed by atoms with van der Waals surface area (Å²) in [5.41, 5.74) is 1.14. The standard InChI is InChI=1S/C20H21NO6/c1-26-20(25)14-8-6-13(7-9-14)12-27-17(22)10-11-21-18(23)15-4-2-3-5-16(15)19(21)24/h2-3,6-9,15-16H,4-5,10-12H2,1H3/t15-,16-/m1/s1. The number of carbonyl (C=O) groups excluding carboxylic acids is 4. The van der Waals surface area contributed by atoms with Gasteiger partial charge in [0.15, 0.2) is 0 Å². The number of fused-ring (bicyclic) bond motifs is 1. The van der Waals surface area contributed by atoms with Gasteiger partial charge in [-0.2, -0.15) is 0 Å². The highest BCUT2D eigenvalue weighted by molar-refractivity contribution is 6.05. The minimum Gasteiger partial charge on any atom is -0.465 e. The van der Waals surface area contributed by atoms with Crippen LogP contribution in [0.4, 0.5) is 0 Å². The molecule has 1 saturated heterocycles. The second kappa shape index (κ2) is 8.16. The van der Waals surface area contributed by atoms with E-state index < -0.39 is 11.9 Å². The molecule has 1 aliphatic carbocycles. The van der Waals surface area contributed by atoms with Crippen LogP contribution in [-0.2, 0) is 30.5 Å². The average molecular weight is 371 g/mol. The van der Waals surface area contributed by atoms with Gasteiger partial charge in [0.05, 0.1) is 30.9 Å². The molecule has 0 bridgehead atoms. The fourth-order valence-electron chi connectivity index (χ4n) is 3.38. The van der Waals surface area contributed by atoms with Crippen LogP contribution in [0.15, 0.2) is 36.4 Å². The zero-order chi connectivity index (χ0) is 19.4. The van der Waals surface area contributed by atoms with E-state index in [1.165, 1.54) is 12.0 Å². The Bertz CT molecular complexity index is 756. The highest BCUT2D eigenvalue weighted by Gasteiger charge is 2.46. The normalized spacial score (nSPS) is 21.1. The molecule has 2 aliphatic rings. The van der Waals surface area contributed by atoms with Crippen LogP contribution in [0.3, 0.4) is 0 Å². The van der Waals surface area contributed by atoms with Crippen molar-refractivity contribution >= 4 is 23.8 Å². The number of hydrogen-bond acceptors (Lipinski definition) is 6. The number of benzene rings is 1. The Morgan fingerprint density at radius 1 is 1.04 bits per heavy atom. The number of carbonyl (C=O) groups is 4. The van der Waals surface area contributed by atoms with E-state index in [4.69, 9.17) is 4.74 Å². The van der Waals surface area contributed by atoms with Crippen molar-refractivity contribution in [3.63, 3.8) is 0 Å². The largest absolute Gasteiger partial charge is 0.465 e. The smallest absolute Gasteiger partial charge is 0.337 e. The molecule has 27 heavy (non-hydrogen) atoms.